The van der Waals surface area contributed by atoms with Crippen LogP contribution in [0, 0.1) is 29.6 Å². The maximum Gasteiger partial charge on any atom is 0.0104 e. The van der Waals surface area contributed by atoms with Gasteiger partial charge >= 0.3 is 0 Å². The van der Waals surface area contributed by atoms with Crippen LogP contribution in [-0.2, 0) is 6.42 Å². The summed E-state index contributed by atoms with van der Waals surface area (Å²) >= 11 is 0. The predicted octanol–water partition coefficient (Wildman–Crippen LogP) is 4.28. The first-order valence-electron chi connectivity index (χ1n) is 9.15. The molecule has 3 fully saturated rings. The molecule has 0 radical (unpaired) electrons. The maximum absolute atomic E-state index is 3.90. The fraction of sp³-hybridized carbons (Fsp3) is 0.700. The van der Waals surface area contributed by atoms with E-state index in [-0.39, 0.29) is 0 Å². The Bertz CT molecular complexity index is 452. The number of hydrogen-bond acceptors (Lipinski definition) is 1. The van der Waals surface area contributed by atoms with Gasteiger partial charge in [0.1, 0.15) is 0 Å². The fourth-order valence-corrected chi connectivity index (χ4v) is 5.66. The van der Waals surface area contributed by atoms with Gasteiger partial charge in [0.15, 0.2) is 0 Å². The molecule has 3 saturated carbocycles. The third-order valence-corrected chi connectivity index (χ3v) is 6.50. The Morgan fingerprint density at radius 1 is 1.10 bits per heavy atom. The smallest absolute Gasteiger partial charge is 0.0104 e. The van der Waals surface area contributed by atoms with E-state index < -0.39 is 0 Å². The molecular weight excluding hydrogens is 254 g/mol. The molecule has 114 valence electrons. The number of rotatable bonds is 7. The van der Waals surface area contributed by atoms with Gasteiger partial charge in [0.25, 0.3) is 0 Å². The SMILES string of the molecule is CCCNC(CCc1ccccc1)C1C2C3CCC(C3)C21. The van der Waals surface area contributed by atoms with E-state index in [4.69, 9.17) is 0 Å². The van der Waals surface area contributed by atoms with Crippen LogP contribution in [0.15, 0.2) is 30.3 Å². The Balaban J connectivity index is 1.38. The number of fused-ring (bicyclic) bond motifs is 5. The standard InChI is InChI=1S/C20H29N/c1-2-12-21-17(11-8-14-6-4-3-5-7-14)20-18-15-9-10-16(13-15)19(18)20/h3-7,15-21H,2,8-13H2,1H3. The summed E-state index contributed by atoms with van der Waals surface area (Å²) in [6, 6.07) is 11.8. The van der Waals surface area contributed by atoms with Crippen LogP contribution in [0.5, 0.6) is 0 Å². The second-order valence-corrected chi connectivity index (χ2v) is 7.65. The molecule has 0 spiro atoms. The van der Waals surface area contributed by atoms with Crippen molar-refractivity contribution >= 4 is 0 Å². The zero-order chi connectivity index (χ0) is 14.2. The number of aryl methyl sites for hydroxylation is 1. The van der Waals surface area contributed by atoms with Crippen LogP contribution in [0.4, 0.5) is 0 Å². The van der Waals surface area contributed by atoms with E-state index in [1.54, 1.807) is 19.3 Å². The molecule has 0 aromatic heterocycles. The van der Waals surface area contributed by atoms with Gasteiger partial charge in [0.2, 0.25) is 0 Å². The quantitative estimate of drug-likeness (QED) is 0.787. The lowest BCUT2D eigenvalue weighted by Crippen LogP contribution is -2.34. The second-order valence-electron chi connectivity index (χ2n) is 7.65. The van der Waals surface area contributed by atoms with Crippen molar-refractivity contribution < 1.29 is 0 Å². The highest BCUT2D eigenvalue weighted by Gasteiger charge is 2.66. The first-order chi connectivity index (χ1) is 10.4. The van der Waals surface area contributed by atoms with E-state index >= 15 is 0 Å². The Labute approximate surface area is 129 Å². The lowest BCUT2D eigenvalue weighted by molar-refractivity contribution is 0.349. The molecule has 3 aliphatic carbocycles. The first-order valence-corrected chi connectivity index (χ1v) is 9.15. The topological polar surface area (TPSA) is 12.0 Å². The van der Waals surface area contributed by atoms with Gasteiger partial charge in [-0.2, -0.15) is 0 Å². The normalized spacial score (nSPS) is 37.5. The van der Waals surface area contributed by atoms with E-state index in [0.717, 1.165) is 35.6 Å². The van der Waals surface area contributed by atoms with Crippen molar-refractivity contribution in [3.63, 3.8) is 0 Å². The molecule has 2 bridgehead atoms. The molecule has 5 unspecified atom stereocenters. The van der Waals surface area contributed by atoms with Crippen molar-refractivity contribution in [2.75, 3.05) is 6.54 Å². The number of hydrogen-bond donors (Lipinski definition) is 1. The largest absolute Gasteiger partial charge is 0.314 e. The van der Waals surface area contributed by atoms with Crippen LogP contribution in [0.25, 0.3) is 0 Å². The van der Waals surface area contributed by atoms with E-state index in [1.807, 2.05) is 0 Å². The zero-order valence-corrected chi connectivity index (χ0v) is 13.3. The highest BCUT2D eigenvalue weighted by atomic mass is 14.9. The van der Waals surface area contributed by atoms with Gasteiger partial charge in [-0.05, 0) is 80.2 Å². The minimum Gasteiger partial charge on any atom is -0.314 e. The summed E-state index contributed by atoms with van der Waals surface area (Å²) in [7, 11) is 0. The molecule has 0 aliphatic heterocycles. The van der Waals surface area contributed by atoms with Gasteiger partial charge in [-0.1, -0.05) is 37.3 Å². The van der Waals surface area contributed by atoms with Crippen molar-refractivity contribution in [2.24, 2.45) is 29.6 Å². The molecule has 4 rings (SSSR count). The van der Waals surface area contributed by atoms with Gasteiger partial charge in [0, 0.05) is 6.04 Å². The lowest BCUT2D eigenvalue weighted by Gasteiger charge is -2.22. The summed E-state index contributed by atoms with van der Waals surface area (Å²) in [4.78, 5) is 0. The van der Waals surface area contributed by atoms with Crippen molar-refractivity contribution in [3.05, 3.63) is 35.9 Å². The van der Waals surface area contributed by atoms with Crippen molar-refractivity contribution in [2.45, 2.75) is 51.5 Å². The summed E-state index contributed by atoms with van der Waals surface area (Å²) in [6.07, 6.45) is 8.50. The fourth-order valence-electron chi connectivity index (χ4n) is 5.66. The Morgan fingerprint density at radius 2 is 1.81 bits per heavy atom. The maximum atomic E-state index is 3.90. The van der Waals surface area contributed by atoms with E-state index in [2.05, 4.69) is 42.6 Å². The van der Waals surface area contributed by atoms with Crippen LogP contribution in [0.3, 0.4) is 0 Å². The summed E-state index contributed by atoms with van der Waals surface area (Å²) in [6.45, 7) is 3.49. The molecule has 21 heavy (non-hydrogen) atoms. The molecule has 3 aliphatic rings. The van der Waals surface area contributed by atoms with Crippen molar-refractivity contribution in [3.8, 4) is 0 Å². The van der Waals surface area contributed by atoms with Crippen LogP contribution < -0.4 is 5.32 Å². The van der Waals surface area contributed by atoms with E-state index in [0.29, 0.717) is 0 Å². The van der Waals surface area contributed by atoms with Gasteiger partial charge in [0.05, 0.1) is 0 Å². The summed E-state index contributed by atoms with van der Waals surface area (Å²) in [5.74, 6) is 5.44. The average Bonchev–Trinajstić information content (AvgIpc) is 2.95. The summed E-state index contributed by atoms with van der Waals surface area (Å²) in [5, 5.41) is 3.90. The zero-order valence-electron chi connectivity index (χ0n) is 13.3. The molecular formula is C20H29N. The third kappa shape index (κ3) is 2.54. The molecule has 1 aromatic carbocycles. The average molecular weight is 283 g/mol. The predicted molar refractivity (Wildman–Crippen MR) is 88.1 cm³/mol. The van der Waals surface area contributed by atoms with Crippen LogP contribution >= 0.6 is 0 Å². The molecule has 0 heterocycles. The Kier molecular flexibility index (Phi) is 3.79. The van der Waals surface area contributed by atoms with E-state index in [9.17, 15) is 0 Å². The minimum absolute atomic E-state index is 0.781. The van der Waals surface area contributed by atoms with Crippen molar-refractivity contribution in [1.82, 2.24) is 5.32 Å². The Morgan fingerprint density at radius 3 is 2.48 bits per heavy atom. The molecule has 1 nitrogen and oxygen atoms in total. The van der Waals surface area contributed by atoms with Gasteiger partial charge in [-0.3, -0.25) is 0 Å². The summed E-state index contributed by atoms with van der Waals surface area (Å²) in [5.41, 5.74) is 1.51. The summed E-state index contributed by atoms with van der Waals surface area (Å²) < 4.78 is 0. The minimum atomic E-state index is 0.781. The van der Waals surface area contributed by atoms with Gasteiger partial charge < -0.3 is 5.32 Å². The number of nitrogens with one attached hydrogen (secondary N) is 1. The first kappa shape index (κ1) is 13.8. The molecule has 0 saturated heterocycles. The van der Waals surface area contributed by atoms with E-state index in [1.165, 1.54) is 31.4 Å². The highest BCUT2D eigenvalue weighted by molar-refractivity contribution is 5.18. The third-order valence-electron chi connectivity index (χ3n) is 6.50. The van der Waals surface area contributed by atoms with Crippen LogP contribution in [0.2, 0.25) is 0 Å². The van der Waals surface area contributed by atoms with Crippen molar-refractivity contribution in [1.29, 1.82) is 0 Å². The molecule has 0 amide bonds. The number of benzene rings is 1. The monoisotopic (exact) mass is 283 g/mol. The Hall–Kier alpha value is -0.820. The van der Waals surface area contributed by atoms with Crippen LogP contribution in [-0.4, -0.2) is 12.6 Å². The molecule has 1 N–H and O–H groups in total. The molecule has 1 heteroatoms. The molecule has 5 atom stereocenters. The lowest BCUT2D eigenvalue weighted by atomic mass is 9.93. The van der Waals surface area contributed by atoms with Gasteiger partial charge in [-0.25, -0.2) is 0 Å². The van der Waals surface area contributed by atoms with Gasteiger partial charge in [-0.15, -0.1) is 0 Å². The molecule has 1 aromatic rings. The van der Waals surface area contributed by atoms with Crippen LogP contribution in [0.1, 0.15) is 44.6 Å². The highest BCUT2D eigenvalue weighted by Crippen LogP contribution is 2.70. The second kappa shape index (κ2) is 5.76.